The third-order valence-electron chi connectivity index (χ3n) is 4.51. The molecule has 1 aromatic carbocycles. The number of para-hydroxylation sites is 1. The van der Waals surface area contributed by atoms with Crippen molar-refractivity contribution in [1.29, 1.82) is 0 Å². The van der Waals surface area contributed by atoms with Gasteiger partial charge in [0.25, 0.3) is 0 Å². The molecule has 0 aliphatic heterocycles. The lowest BCUT2D eigenvalue weighted by Gasteiger charge is -2.12. The molecule has 3 nitrogen and oxygen atoms in total. The fourth-order valence-corrected chi connectivity index (χ4v) is 3.43. The van der Waals surface area contributed by atoms with Crippen LogP contribution < -0.4 is 4.18 Å². The zero-order valence-corrected chi connectivity index (χ0v) is 16.9. The van der Waals surface area contributed by atoms with Crippen molar-refractivity contribution in [2.45, 2.75) is 89.5 Å². The van der Waals surface area contributed by atoms with Gasteiger partial charge in [0.2, 0.25) is 0 Å². The average molecular weight is 409 g/mol. The maximum absolute atomic E-state index is 12.5. The molecule has 0 bridgehead atoms. The van der Waals surface area contributed by atoms with Crippen molar-refractivity contribution in [2.75, 3.05) is 0 Å². The van der Waals surface area contributed by atoms with Crippen LogP contribution in [0.25, 0.3) is 0 Å². The quantitative estimate of drug-likeness (QED) is 0.194. The number of rotatable bonds is 14. The van der Waals surface area contributed by atoms with E-state index in [1.54, 1.807) is 12.1 Å². The highest BCUT2D eigenvalue weighted by Crippen LogP contribution is 2.29. The van der Waals surface area contributed by atoms with Crippen LogP contribution in [0, 0.1) is 0 Å². The molecule has 0 aliphatic carbocycles. The van der Waals surface area contributed by atoms with Crippen molar-refractivity contribution in [3.05, 3.63) is 29.8 Å². The Morgan fingerprint density at radius 3 is 1.81 bits per heavy atom. The van der Waals surface area contributed by atoms with Gasteiger partial charge in [-0.15, -0.1) is 0 Å². The first-order chi connectivity index (χ1) is 12.8. The Morgan fingerprint density at radius 1 is 0.815 bits per heavy atom. The van der Waals surface area contributed by atoms with E-state index < -0.39 is 15.6 Å². The Morgan fingerprint density at radius 2 is 1.30 bits per heavy atom. The first-order valence-electron chi connectivity index (χ1n) is 9.86. The summed E-state index contributed by atoms with van der Waals surface area (Å²) in [6.45, 7) is 2.21. The zero-order chi connectivity index (χ0) is 20.2. The first-order valence-corrected chi connectivity index (χ1v) is 11.3. The second-order valence-electron chi connectivity index (χ2n) is 6.88. The molecular weight excluding hydrogens is 377 g/mol. The van der Waals surface area contributed by atoms with E-state index in [0.29, 0.717) is 12.0 Å². The topological polar surface area (TPSA) is 43.4 Å². The van der Waals surface area contributed by atoms with Gasteiger partial charge in [-0.05, 0) is 24.5 Å². The smallest absolute Gasteiger partial charge is 0.376 e. The normalized spacial score (nSPS) is 12.3. The molecule has 0 saturated carbocycles. The molecule has 0 fully saturated rings. The van der Waals surface area contributed by atoms with Crippen LogP contribution in [-0.2, 0) is 16.5 Å². The number of hydrogen-bond acceptors (Lipinski definition) is 3. The Balaban J connectivity index is 2.28. The molecule has 27 heavy (non-hydrogen) atoms. The minimum Gasteiger partial charge on any atom is -0.376 e. The first kappa shape index (κ1) is 23.8. The lowest BCUT2D eigenvalue weighted by atomic mass is 10.0. The lowest BCUT2D eigenvalue weighted by molar-refractivity contribution is -0.0500. The van der Waals surface area contributed by atoms with Crippen molar-refractivity contribution in [1.82, 2.24) is 0 Å². The highest BCUT2D eigenvalue weighted by Gasteiger charge is 2.48. The number of alkyl halides is 3. The number of halogens is 3. The summed E-state index contributed by atoms with van der Waals surface area (Å²) in [4.78, 5) is 0. The summed E-state index contributed by atoms with van der Waals surface area (Å²) in [6.07, 6.45) is 13.5. The van der Waals surface area contributed by atoms with Crippen LogP contribution in [0.5, 0.6) is 5.75 Å². The predicted molar refractivity (Wildman–Crippen MR) is 102 cm³/mol. The van der Waals surface area contributed by atoms with E-state index in [1.165, 1.54) is 57.1 Å². The third-order valence-corrected chi connectivity index (χ3v) is 5.47. The lowest BCUT2D eigenvalue weighted by Crippen LogP contribution is -2.28. The monoisotopic (exact) mass is 408 g/mol. The summed E-state index contributed by atoms with van der Waals surface area (Å²) in [5.41, 5.74) is -4.93. The van der Waals surface area contributed by atoms with E-state index in [9.17, 15) is 21.6 Å². The Kier molecular flexibility index (Phi) is 10.8. The molecule has 0 saturated heterocycles. The summed E-state index contributed by atoms with van der Waals surface area (Å²) in [7, 11) is -5.63. The maximum atomic E-state index is 12.5. The molecule has 0 unspecified atom stereocenters. The van der Waals surface area contributed by atoms with Crippen molar-refractivity contribution in [3.63, 3.8) is 0 Å². The Labute approximate surface area is 161 Å². The molecule has 0 heterocycles. The number of benzene rings is 1. The van der Waals surface area contributed by atoms with E-state index in [1.807, 2.05) is 0 Å². The van der Waals surface area contributed by atoms with Crippen LogP contribution in [0.15, 0.2) is 24.3 Å². The van der Waals surface area contributed by atoms with Gasteiger partial charge in [0.1, 0.15) is 5.75 Å². The molecule has 0 amide bonds. The maximum Gasteiger partial charge on any atom is 0.534 e. The van der Waals surface area contributed by atoms with Crippen LogP contribution in [0.3, 0.4) is 0 Å². The van der Waals surface area contributed by atoms with Gasteiger partial charge in [-0.2, -0.15) is 21.6 Å². The van der Waals surface area contributed by atoms with Gasteiger partial charge in [0.15, 0.2) is 0 Å². The Bertz CT molecular complexity index is 628. The van der Waals surface area contributed by atoms with Crippen LogP contribution >= 0.6 is 0 Å². The van der Waals surface area contributed by atoms with Crippen molar-refractivity contribution < 1.29 is 25.8 Å². The van der Waals surface area contributed by atoms with Crippen LogP contribution in [0.2, 0.25) is 0 Å². The molecule has 1 aromatic rings. The number of unbranched alkanes of at least 4 members (excludes halogenated alkanes) is 10. The van der Waals surface area contributed by atoms with Gasteiger partial charge in [0.05, 0.1) is 0 Å². The summed E-state index contributed by atoms with van der Waals surface area (Å²) < 4.78 is 64.1. The molecular formula is C20H31F3O3S. The molecule has 156 valence electrons. The minimum atomic E-state index is -5.63. The Hall–Kier alpha value is -1.24. The van der Waals surface area contributed by atoms with Crippen molar-refractivity contribution in [3.8, 4) is 5.75 Å². The summed E-state index contributed by atoms with van der Waals surface area (Å²) in [5, 5.41) is 0. The van der Waals surface area contributed by atoms with E-state index in [0.717, 1.165) is 25.7 Å². The van der Waals surface area contributed by atoms with Gasteiger partial charge in [0, 0.05) is 0 Å². The SMILES string of the molecule is CCCCCCCCCCCCCc1ccccc1OS(=O)(=O)C(F)(F)F. The predicted octanol–water partition coefficient (Wildman–Crippen LogP) is 6.77. The average Bonchev–Trinajstić information content (AvgIpc) is 2.59. The van der Waals surface area contributed by atoms with Crippen molar-refractivity contribution in [2.24, 2.45) is 0 Å². The van der Waals surface area contributed by atoms with Gasteiger partial charge < -0.3 is 4.18 Å². The number of hydrogen-bond donors (Lipinski definition) is 0. The summed E-state index contributed by atoms with van der Waals surface area (Å²) in [6, 6.07) is 6.00. The van der Waals surface area contributed by atoms with Crippen LogP contribution in [-0.4, -0.2) is 13.9 Å². The fourth-order valence-electron chi connectivity index (χ4n) is 2.94. The van der Waals surface area contributed by atoms with E-state index in [4.69, 9.17) is 0 Å². The standard InChI is InChI=1S/C20H31F3O3S/c1-2-3-4-5-6-7-8-9-10-11-12-15-18-16-13-14-17-19(18)26-27(24,25)20(21,22)23/h13-14,16-17H,2-12,15H2,1H3. The van der Waals surface area contributed by atoms with E-state index in [-0.39, 0.29) is 5.75 Å². The molecule has 0 aromatic heterocycles. The highest BCUT2D eigenvalue weighted by atomic mass is 32.2. The molecule has 0 atom stereocenters. The van der Waals surface area contributed by atoms with Gasteiger partial charge >= 0.3 is 15.6 Å². The van der Waals surface area contributed by atoms with Crippen molar-refractivity contribution >= 4 is 10.1 Å². The van der Waals surface area contributed by atoms with Gasteiger partial charge in [-0.1, -0.05) is 89.3 Å². The highest BCUT2D eigenvalue weighted by molar-refractivity contribution is 7.88. The van der Waals surface area contributed by atoms with Gasteiger partial charge in [-0.25, -0.2) is 0 Å². The van der Waals surface area contributed by atoms with Crippen LogP contribution in [0.1, 0.15) is 83.1 Å². The summed E-state index contributed by atoms with van der Waals surface area (Å²) in [5.74, 6) is -0.234. The molecule has 1 rings (SSSR count). The molecule has 0 radical (unpaired) electrons. The molecule has 0 aliphatic rings. The van der Waals surface area contributed by atoms with E-state index in [2.05, 4.69) is 11.1 Å². The molecule has 0 N–H and O–H groups in total. The van der Waals surface area contributed by atoms with Crippen LogP contribution in [0.4, 0.5) is 13.2 Å². The largest absolute Gasteiger partial charge is 0.534 e. The van der Waals surface area contributed by atoms with Gasteiger partial charge in [-0.3, -0.25) is 0 Å². The van der Waals surface area contributed by atoms with E-state index >= 15 is 0 Å². The zero-order valence-electron chi connectivity index (χ0n) is 16.1. The molecule has 0 spiro atoms. The minimum absolute atomic E-state index is 0.234. The second kappa shape index (κ2) is 12.3. The fraction of sp³-hybridized carbons (Fsp3) is 0.700. The molecule has 7 heteroatoms. The summed E-state index contributed by atoms with van der Waals surface area (Å²) >= 11 is 0. The number of aryl methyl sites for hydroxylation is 1. The second-order valence-corrected chi connectivity index (χ2v) is 8.41. The third kappa shape index (κ3) is 9.49.